The van der Waals surface area contributed by atoms with Crippen LogP contribution in [-0.4, -0.2) is 18.4 Å². The predicted octanol–water partition coefficient (Wildman–Crippen LogP) is 4.15. The fourth-order valence-electron chi connectivity index (χ4n) is 2.53. The first-order valence-corrected chi connectivity index (χ1v) is 9.55. The Balaban J connectivity index is 1.52. The second kappa shape index (κ2) is 9.71. The standard InChI is InChI=1S/C22H19BrN2O3/c23-19-15-18(22(27)25-24-21(26)17-9-5-2-6-10-17)11-12-20(19)28-14-13-16-7-3-1-4-8-16/h1-12,15H,13-14H2,(H,24,26)(H,25,27). The molecule has 0 saturated heterocycles. The van der Waals surface area contributed by atoms with Crippen molar-refractivity contribution in [2.45, 2.75) is 6.42 Å². The van der Waals surface area contributed by atoms with Crippen molar-refractivity contribution in [2.75, 3.05) is 6.61 Å². The third-order valence-corrected chi connectivity index (χ3v) is 4.63. The zero-order chi connectivity index (χ0) is 19.8. The van der Waals surface area contributed by atoms with Gasteiger partial charge in [0, 0.05) is 17.5 Å². The second-order valence-electron chi connectivity index (χ2n) is 6.00. The molecule has 0 fully saturated rings. The molecule has 3 rings (SSSR count). The lowest BCUT2D eigenvalue weighted by Crippen LogP contribution is -2.41. The summed E-state index contributed by atoms with van der Waals surface area (Å²) in [6.07, 6.45) is 0.793. The minimum absolute atomic E-state index is 0.381. The molecule has 0 aliphatic carbocycles. The van der Waals surface area contributed by atoms with Gasteiger partial charge in [-0.15, -0.1) is 0 Å². The van der Waals surface area contributed by atoms with Gasteiger partial charge in [0.05, 0.1) is 11.1 Å². The van der Waals surface area contributed by atoms with Gasteiger partial charge in [-0.1, -0.05) is 48.5 Å². The summed E-state index contributed by atoms with van der Waals surface area (Å²) in [5.41, 5.74) is 6.87. The molecule has 3 aromatic carbocycles. The van der Waals surface area contributed by atoms with E-state index in [2.05, 4.69) is 38.9 Å². The van der Waals surface area contributed by atoms with E-state index in [1.807, 2.05) is 24.3 Å². The van der Waals surface area contributed by atoms with Crippen molar-refractivity contribution < 1.29 is 14.3 Å². The topological polar surface area (TPSA) is 67.4 Å². The maximum Gasteiger partial charge on any atom is 0.269 e. The molecule has 2 N–H and O–H groups in total. The number of halogens is 1. The van der Waals surface area contributed by atoms with E-state index < -0.39 is 5.91 Å². The van der Waals surface area contributed by atoms with Crippen LogP contribution in [0.5, 0.6) is 5.75 Å². The van der Waals surface area contributed by atoms with Crippen LogP contribution in [0.3, 0.4) is 0 Å². The first-order chi connectivity index (χ1) is 13.6. The molecule has 6 heteroatoms. The van der Waals surface area contributed by atoms with E-state index in [0.717, 1.165) is 6.42 Å². The highest BCUT2D eigenvalue weighted by atomic mass is 79.9. The van der Waals surface area contributed by atoms with Crippen LogP contribution in [0.4, 0.5) is 0 Å². The highest BCUT2D eigenvalue weighted by Crippen LogP contribution is 2.26. The molecule has 0 aliphatic heterocycles. The van der Waals surface area contributed by atoms with Crippen LogP contribution in [0.2, 0.25) is 0 Å². The minimum atomic E-state index is -0.416. The van der Waals surface area contributed by atoms with Gasteiger partial charge < -0.3 is 4.74 Å². The normalized spacial score (nSPS) is 10.2. The zero-order valence-electron chi connectivity index (χ0n) is 15.0. The van der Waals surface area contributed by atoms with Gasteiger partial charge in [0.15, 0.2) is 0 Å². The molecule has 0 spiro atoms. The molecule has 2 amide bonds. The highest BCUT2D eigenvalue weighted by Gasteiger charge is 2.11. The average Bonchev–Trinajstić information content (AvgIpc) is 2.74. The summed E-state index contributed by atoms with van der Waals surface area (Å²) in [4.78, 5) is 24.2. The Bertz CT molecular complexity index is 947. The van der Waals surface area contributed by atoms with Gasteiger partial charge in [-0.25, -0.2) is 0 Å². The summed E-state index contributed by atoms with van der Waals surface area (Å²) in [5.74, 6) is -0.143. The third kappa shape index (κ3) is 5.44. The molecule has 0 radical (unpaired) electrons. The molecule has 0 bridgehead atoms. The predicted molar refractivity (Wildman–Crippen MR) is 111 cm³/mol. The fraction of sp³-hybridized carbons (Fsp3) is 0.0909. The van der Waals surface area contributed by atoms with Gasteiger partial charge in [-0.3, -0.25) is 20.4 Å². The lowest BCUT2D eigenvalue weighted by atomic mass is 10.2. The summed E-state index contributed by atoms with van der Waals surface area (Å²) in [5, 5.41) is 0. The van der Waals surface area contributed by atoms with E-state index in [4.69, 9.17) is 4.74 Å². The van der Waals surface area contributed by atoms with Crippen molar-refractivity contribution >= 4 is 27.7 Å². The highest BCUT2D eigenvalue weighted by molar-refractivity contribution is 9.10. The Morgan fingerprint density at radius 2 is 1.39 bits per heavy atom. The Morgan fingerprint density at radius 3 is 2.04 bits per heavy atom. The number of ether oxygens (including phenoxy) is 1. The van der Waals surface area contributed by atoms with Crippen molar-refractivity contribution in [1.29, 1.82) is 0 Å². The van der Waals surface area contributed by atoms with E-state index in [9.17, 15) is 9.59 Å². The molecule has 0 saturated carbocycles. The van der Waals surface area contributed by atoms with Gasteiger partial charge in [0.2, 0.25) is 0 Å². The van der Waals surface area contributed by atoms with Crippen molar-refractivity contribution in [3.63, 3.8) is 0 Å². The van der Waals surface area contributed by atoms with Crippen LogP contribution >= 0.6 is 15.9 Å². The van der Waals surface area contributed by atoms with Gasteiger partial charge in [-0.05, 0) is 51.8 Å². The second-order valence-corrected chi connectivity index (χ2v) is 6.86. The van der Waals surface area contributed by atoms with Gasteiger partial charge >= 0.3 is 0 Å². The number of hydrazine groups is 1. The summed E-state index contributed by atoms with van der Waals surface area (Å²) in [6.45, 7) is 0.529. The minimum Gasteiger partial charge on any atom is -0.492 e. The quantitative estimate of drug-likeness (QED) is 0.568. The molecular formula is C22H19BrN2O3. The molecular weight excluding hydrogens is 420 g/mol. The molecule has 5 nitrogen and oxygen atoms in total. The lowest BCUT2D eigenvalue weighted by Gasteiger charge is -2.11. The summed E-state index contributed by atoms with van der Waals surface area (Å²) >= 11 is 3.43. The van der Waals surface area contributed by atoms with Crippen LogP contribution in [0.1, 0.15) is 26.3 Å². The van der Waals surface area contributed by atoms with Crippen molar-refractivity contribution in [3.05, 3.63) is 100 Å². The van der Waals surface area contributed by atoms with Gasteiger partial charge in [-0.2, -0.15) is 0 Å². The van der Waals surface area contributed by atoms with Crippen LogP contribution in [0.15, 0.2) is 83.3 Å². The van der Waals surface area contributed by atoms with E-state index in [-0.39, 0.29) is 5.91 Å². The van der Waals surface area contributed by atoms with Crippen molar-refractivity contribution in [1.82, 2.24) is 10.9 Å². The van der Waals surface area contributed by atoms with E-state index in [1.165, 1.54) is 5.56 Å². The maximum atomic E-state index is 12.3. The molecule has 142 valence electrons. The Morgan fingerprint density at radius 1 is 0.786 bits per heavy atom. The number of hydrogen-bond acceptors (Lipinski definition) is 3. The first kappa shape index (κ1) is 19.6. The number of nitrogens with one attached hydrogen (secondary N) is 2. The number of benzene rings is 3. The molecule has 28 heavy (non-hydrogen) atoms. The Kier molecular flexibility index (Phi) is 6.81. The van der Waals surface area contributed by atoms with Crippen LogP contribution in [0.25, 0.3) is 0 Å². The SMILES string of the molecule is O=C(NNC(=O)c1ccc(OCCc2ccccc2)c(Br)c1)c1ccccc1. The Hall–Kier alpha value is -3.12. The molecule has 0 unspecified atom stereocenters. The number of carbonyl (C=O) groups is 2. The van der Waals surface area contributed by atoms with Gasteiger partial charge in [0.25, 0.3) is 11.8 Å². The maximum absolute atomic E-state index is 12.3. The van der Waals surface area contributed by atoms with Crippen molar-refractivity contribution in [3.8, 4) is 5.75 Å². The monoisotopic (exact) mass is 438 g/mol. The summed E-state index contributed by atoms with van der Waals surface area (Å²) < 4.78 is 6.45. The number of hydrogen-bond donors (Lipinski definition) is 2. The van der Waals surface area contributed by atoms with E-state index in [0.29, 0.717) is 28.0 Å². The lowest BCUT2D eigenvalue weighted by molar-refractivity contribution is 0.0846. The molecule has 0 heterocycles. The summed E-state index contributed by atoms with van der Waals surface area (Å²) in [7, 11) is 0. The third-order valence-electron chi connectivity index (χ3n) is 4.01. The number of rotatable bonds is 6. The average molecular weight is 439 g/mol. The molecule has 0 aliphatic rings. The van der Waals surface area contributed by atoms with E-state index >= 15 is 0 Å². The smallest absolute Gasteiger partial charge is 0.269 e. The molecule has 3 aromatic rings. The van der Waals surface area contributed by atoms with Crippen LogP contribution in [0, 0.1) is 0 Å². The van der Waals surface area contributed by atoms with Gasteiger partial charge in [0.1, 0.15) is 5.75 Å². The van der Waals surface area contributed by atoms with E-state index in [1.54, 1.807) is 42.5 Å². The fourth-order valence-corrected chi connectivity index (χ4v) is 3.02. The molecule has 0 atom stereocenters. The summed E-state index contributed by atoms with van der Waals surface area (Å²) in [6, 6.07) is 23.8. The first-order valence-electron chi connectivity index (χ1n) is 8.75. The number of carbonyl (C=O) groups excluding carboxylic acids is 2. The largest absolute Gasteiger partial charge is 0.492 e. The molecule has 0 aromatic heterocycles. The zero-order valence-corrected chi connectivity index (χ0v) is 16.6. The Labute approximate surface area is 171 Å². The van der Waals surface area contributed by atoms with Crippen LogP contribution in [-0.2, 0) is 6.42 Å². The van der Waals surface area contributed by atoms with Crippen LogP contribution < -0.4 is 15.6 Å². The number of amides is 2. The van der Waals surface area contributed by atoms with Crippen molar-refractivity contribution in [2.24, 2.45) is 0 Å².